The monoisotopic (exact) mass is 428 g/mol. The molecule has 1 aromatic carbocycles. The zero-order valence-electron chi connectivity index (χ0n) is 20.4. The van der Waals surface area contributed by atoms with Crippen molar-refractivity contribution in [1.29, 1.82) is 0 Å². The smallest absolute Gasteiger partial charge is 0.243 e. The minimum Gasteiger partial charge on any atom is -0.390 e. The molecule has 31 heavy (non-hydrogen) atoms. The summed E-state index contributed by atoms with van der Waals surface area (Å²) in [4.78, 5) is 13.2. The van der Waals surface area contributed by atoms with Gasteiger partial charge in [-0.3, -0.25) is 4.79 Å². The molecule has 0 aromatic heterocycles. The van der Waals surface area contributed by atoms with Crippen molar-refractivity contribution in [3.05, 3.63) is 60.4 Å². The lowest BCUT2D eigenvalue weighted by molar-refractivity contribution is -0.125. The van der Waals surface area contributed by atoms with Crippen molar-refractivity contribution in [3.63, 3.8) is 0 Å². The molecule has 0 saturated carbocycles. The Bertz CT molecular complexity index is 701. The molecule has 0 aliphatic carbocycles. The number of benzene rings is 1. The van der Waals surface area contributed by atoms with Gasteiger partial charge in [0.2, 0.25) is 5.91 Å². The molecule has 5 N–H and O–H groups in total. The first-order valence-corrected chi connectivity index (χ1v) is 11.5. The molecule has 0 aliphatic rings. The quantitative estimate of drug-likeness (QED) is 0.361. The van der Waals surface area contributed by atoms with Crippen molar-refractivity contribution >= 4 is 5.91 Å². The molecule has 5 nitrogen and oxygen atoms in total. The molecular weight excluding hydrogens is 384 g/mol. The molecule has 1 amide bonds. The third-order valence-electron chi connectivity index (χ3n) is 6.13. The van der Waals surface area contributed by atoms with E-state index < -0.39 is 0 Å². The SMILES string of the molecule is C=C(C[C@H](N)C(C)Cc1ccccc1)NC(C(=O)NC(C(=C)NC)C(C)C)[C@@H](C)CC. The van der Waals surface area contributed by atoms with Crippen molar-refractivity contribution in [2.75, 3.05) is 7.05 Å². The Hall–Kier alpha value is -2.27. The lowest BCUT2D eigenvalue weighted by atomic mass is 9.91. The van der Waals surface area contributed by atoms with Crippen LogP contribution in [0.15, 0.2) is 54.9 Å². The normalized spacial score (nSPS) is 16.0. The summed E-state index contributed by atoms with van der Waals surface area (Å²) in [6, 6.07) is 9.86. The third kappa shape index (κ3) is 8.78. The Kier molecular flexibility index (Phi) is 11.4. The molecule has 3 unspecified atom stereocenters. The van der Waals surface area contributed by atoms with E-state index in [1.807, 2.05) is 13.1 Å². The van der Waals surface area contributed by atoms with Crippen LogP contribution in [-0.4, -0.2) is 31.1 Å². The molecule has 0 bridgehead atoms. The molecule has 5 heteroatoms. The van der Waals surface area contributed by atoms with Gasteiger partial charge in [0, 0.05) is 30.9 Å². The Morgan fingerprint density at radius 3 is 2.13 bits per heavy atom. The number of likely N-dealkylation sites (N-methyl/N-ethyl adjacent to an activating group) is 1. The fourth-order valence-electron chi connectivity index (χ4n) is 3.66. The fourth-order valence-corrected chi connectivity index (χ4v) is 3.66. The molecule has 1 rings (SSSR count). The Labute approximate surface area is 190 Å². The van der Waals surface area contributed by atoms with Crippen LogP contribution in [0.5, 0.6) is 0 Å². The number of nitrogens with one attached hydrogen (secondary N) is 3. The first kappa shape index (κ1) is 26.8. The highest BCUT2D eigenvalue weighted by molar-refractivity contribution is 5.83. The largest absolute Gasteiger partial charge is 0.390 e. The lowest BCUT2D eigenvalue weighted by Crippen LogP contribution is -2.53. The minimum atomic E-state index is -0.361. The van der Waals surface area contributed by atoms with Crippen molar-refractivity contribution < 1.29 is 4.79 Å². The summed E-state index contributed by atoms with van der Waals surface area (Å²) < 4.78 is 0. The summed E-state index contributed by atoms with van der Waals surface area (Å²) in [5.41, 5.74) is 9.38. The fraction of sp³-hybridized carbons (Fsp3) is 0.577. The maximum Gasteiger partial charge on any atom is 0.243 e. The van der Waals surface area contributed by atoms with Crippen LogP contribution < -0.4 is 21.7 Å². The van der Waals surface area contributed by atoms with Crippen LogP contribution in [0.4, 0.5) is 0 Å². The lowest BCUT2D eigenvalue weighted by Gasteiger charge is -2.31. The second-order valence-electron chi connectivity index (χ2n) is 9.15. The Morgan fingerprint density at radius 2 is 1.61 bits per heavy atom. The van der Waals surface area contributed by atoms with Crippen LogP contribution in [0.3, 0.4) is 0 Å². The van der Waals surface area contributed by atoms with E-state index in [1.165, 1.54) is 5.56 Å². The molecule has 0 spiro atoms. The zero-order valence-corrected chi connectivity index (χ0v) is 20.4. The van der Waals surface area contributed by atoms with Gasteiger partial charge in [0.1, 0.15) is 6.04 Å². The highest BCUT2D eigenvalue weighted by atomic mass is 16.2. The average molecular weight is 429 g/mol. The summed E-state index contributed by atoms with van der Waals surface area (Å²) in [5.74, 6) is 0.667. The molecule has 0 saturated heterocycles. The summed E-state index contributed by atoms with van der Waals surface area (Å²) in [5, 5.41) is 9.61. The third-order valence-corrected chi connectivity index (χ3v) is 6.13. The maximum absolute atomic E-state index is 13.2. The van der Waals surface area contributed by atoms with E-state index in [2.05, 4.69) is 88.0 Å². The Morgan fingerprint density at radius 1 is 1.00 bits per heavy atom. The van der Waals surface area contributed by atoms with E-state index in [4.69, 9.17) is 5.73 Å². The molecular formula is C26H44N4O. The van der Waals surface area contributed by atoms with Gasteiger partial charge >= 0.3 is 0 Å². The number of nitrogens with two attached hydrogens (primary N) is 1. The highest BCUT2D eigenvalue weighted by Gasteiger charge is 2.28. The predicted octanol–water partition coefficient (Wildman–Crippen LogP) is 3.97. The Balaban J connectivity index is 2.76. The second kappa shape index (κ2) is 13.2. The molecule has 0 fully saturated rings. The standard InChI is InChI=1S/C26H44N4O/c1-9-18(4)25(26(31)30-24(17(2)3)21(7)28-8)29-20(6)16-23(27)19(5)15-22-13-11-10-12-14-22/h10-14,17-19,23-25,28-29H,6-7,9,15-16,27H2,1-5,8H3,(H,30,31)/t18-,19?,23-,24?,25?/m0/s1. The topological polar surface area (TPSA) is 79.2 Å². The number of carbonyl (C=O) groups is 1. The van der Waals surface area contributed by atoms with Gasteiger partial charge in [-0.15, -0.1) is 0 Å². The van der Waals surface area contributed by atoms with Gasteiger partial charge in [-0.05, 0) is 29.7 Å². The van der Waals surface area contributed by atoms with Crippen LogP contribution in [0.1, 0.15) is 53.0 Å². The van der Waals surface area contributed by atoms with E-state index >= 15 is 0 Å². The van der Waals surface area contributed by atoms with E-state index in [1.54, 1.807) is 0 Å². The van der Waals surface area contributed by atoms with Gasteiger partial charge in [-0.2, -0.15) is 0 Å². The van der Waals surface area contributed by atoms with Crippen molar-refractivity contribution in [3.8, 4) is 0 Å². The second-order valence-corrected chi connectivity index (χ2v) is 9.15. The molecule has 0 aliphatic heterocycles. The highest BCUT2D eigenvalue weighted by Crippen LogP contribution is 2.17. The number of hydrogen-bond donors (Lipinski definition) is 4. The van der Waals surface area contributed by atoms with Gasteiger partial charge in [-0.1, -0.05) is 84.5 Å². The van der Waals surface area contributed by atoms with E-state index in [-0.39, 0.29) is 35.9 Å². The average Bonchev–Trinajstić information content (AvgIpc) is 2.74. The first-order valence-electron chi connectivity index (χ1n) is 11.5. The maximum atomic E-state index is 13.2. The van der Waals surface area contributed by atoms with E-state index in [9.17, 15) is 4.79 Å². The van der Waals surface area contributed by atoms with E-state index in [0.717, 1.165) is 24.2 Å². The van der Waals surface area contributed by atoms with Crippen LogP contribution in [-0.2, 0) is 11.2 Å². The van der Waals surface area contributed by atoms with Gasteiger partial charge < -0.3 is 21.7 Å². The molecule has 0 heterocycles. The summed E-state index contributed by atoms with van der Waals surface area (Å²) in [6.07, 6.45) is 2.44. The van der Waals surface area contributed by atoms with Gasteiger partial charge in [-0.25, -0.2) is 0 Å². The van der Waals surface area contributed by atoms with Crippen molar-refractivity contribution in [2.24, 2.45) is 23.5 Å². The number of rotatable bonds is 14. The van der Waals surface area contributed by atoms with Crippen molar-refractivity contribution in [2.45, 2.75) is 72.0 Å². The first-order chi connectivity index (χ1) is 14.6. The van der Waals surface area contributed by atoms with Gasteiger partial charge in [0.15, 0.2) is 0 Å². The van der Waals surface area contributed by atoms with Crippen LogP contribution >= 0.6 is 0 Å². The summed E-state index contributed by atoms with van der Waals surface area (Å²) in [7, 11) is 1.83. The van der Waals surface area contributed by atoms with Crippen molar-refractivity contribution in [1.82, 2.24) is 16.0 Å². The van der Waals surface area contributed by atoms with E-state index in [0.29, 0.717) is 12.3 Å². The van der Waals surface area contributed by atoms with Crippen LogP contribution in [0.25, 0.3) is 0 Å². The minimum absolute atomic E-state index is 0.0310. The van der Waals surface area contributed by atoms with Gasteiger partial charge in [0.05, 0.1) is 6.04 Å². The molecule has 0 radical (unpaired) electrons. The number of amides is 1. The number of carbonyl (C=O) groups excluding carboxylic acids is 1. The zero-order chi connectivity index (χ0) is 23.6. The summed E-state index contributed by atoms with van der Waals surface area (Å²) in [6.45, 7) is 18.7. The molecule has 1 aromatic rings. The predicted molar refractivity (Wildman–Crippen MR) is 132 cm³/mol. The molecule has 174 valence electrons. The molecule has 5 atom stereocenters. The van der Waals surface area contributed by atoms with Crippen LogP contribution in [0.2, 0.25) is 0 Å². The van der Waals surface area contributed by atoms with Gasteiger partial charge in [0.25, 0.3) is 0 Å². The number of hydrogen-bond acceptors (Lipinski definition) is 4. The summed E-state index contributed by atoms with van der Waals surface area (Å²) >= 11 is 0. The van der Waals surface area contributed by atoms with Crippen LogP contribution in [0, 0.1) is 17.8 Å².